The molecule has 142 valence electrons. The zero-order valence-corrected chi connectivity index (χ0v) is 15.8. The van der Waals surface area contributed by atoms with Crippen molar-refractivity contribution >= 4 is 39.3 Å². The number of aryl methyl sites for hydroxylation is 1. The smallest absolute Gasteiger partial charge is 0.244 e. The highest BCUT2D eigenvalue weighted by molar-refractivity contribution is 7.92. The summed E-state index contributed by atoms with van der Waals surface area (Å²) in [5.41, 5.74) is 2.40. The fourth-order valence-electron chi connectivity index (χ4n) is 2.18. The van der Waals surface area contributed by atoms with Crippen molar-refractivity contribution in [3.63, 3.8) is 0 Å². The van der Waals surface area contributed by atoms with Gasteiger partial charge in [0.05, 0.1) is 18.5 Å². The molecule has 27 heavy (non-hydrogen) atoms. The van der Waals surface area contributed by atoms with Gasteiger partial charge in [0.15, 0.2) is 0 Å². The number of amides is 2. The van der Waals surface area contributed by atoms with Gasteiger partial charge in [-0.15, -0.1) is 0 Å². The number of nitrogens with one attached hydrogen (secondary N) is 3. The largest absolute Gasteiger partial charge is 0.343 e. The third-order valence-electron chi connectivity index (χ3n) is 3.47. The number of hydrogen-bond acceptors (Lipinski definition) is 4. The topological polar surface area (TPSA) is 104 Å². The Labute approximate surface area is 158 Å². The molecule has 2 aromatic carbocycles. The molecule has 0 saturated carbocycles. The van der Waals surface area contributed by atoms with Gasteiger partial charge in [-0.2, -0.15) is 0 Å². The van der Waals surface area contributed by atoms with E-state index in [1.54, 1.807) is 25.1 Å². The Morgan fingerprint density at radius 3 is 2.44 bits per heavy atom. The Balaban J connectivity index is 1.89. The number of hydrogen-bond donors (Lipinski definition) is 3. The molecule has 0 heterocycles. The van der Waals surface area contributed by atoms with E-state index in [1.807, 2.05) is 30.3 Å². The molecule has 7 nitrogen and oxygen atoms in total. The van der Waals surface area contributed by atoms with Crippen LogP contribution in [0, 0.1) is 6.92 Å². The third kappa shape index (κ3) is 7.33. The Kier molecular flexibility index (Phi) is 6.73. The maximum Gasteiger partial charge on any atom is 0.244 e. The van der Waals surface area contributed by atoms with Gasteiger partial charge >= 0.3 is 0 Å². The number of carbonyl (C=O) groups is 2. The molecule has 0 bridgehead atoms. The molecule has 3 N–H and O–H groups in total. The monoisotopic (exact) mass is 387 g/mol. The van der Waals surface area contributed by atoms with E-state index in [2.05, 4.69) is 15.4 Å². The van der Waals surface area contributed by atoms with Crippen molar-refractivity contribution in [3.8, 4) is 0 Å². The van der Waals surface area contributed by atoms with E-state index in [0.717, 1.165) is 17.4 Å². The lowest BCUT2D eigenvalue weighted by atomic mass is 10.2. The zero-order valence-electron chi connectivity index (χ0n) is 15.0. The summed E-state index contributed by atoms with van der Waals surface area (Å²) in [5.74, 6) is -0.817. The Bertz CT molecular complexity index is 954. The standard InChI is InChI=1S/C19H21N3O4S/c1-14-8-10-16(12-17(14)22-27(2,25)26)21-19(24)13-20-18(23)11-9-15-6-4-3-5-7-15/h3-12,22H,13H2,1-2H3,(H,20,23)(H,21,24)/b11-9+. The van der Waals surface area contributed by atoms with Crippen molar-refractivity contribution in [2.24, 2.45) is 0 Å². The Morgan fingerprint density at radius 2 is 1.78 bits per heavy atom. The van der Waals surface area contributed by atoms with Crippen LogP contribution >= 0.6 is 0 Å². The van der Waals surface area contributed by atoms with Gasteiger partial charge in [0, 0.05) is 11.8 Å². The third-order valence-corrected chi connectivity index (χ3v) is 4.06. The van der Waals surface area contributed by atoms with Gasteiger partial charge in [0.2, 0.25) is 21.8 Å². The molecular formula is C19H21N3O4S. The molecule has 0 aliphatic carbocycles. The SMILES string of the molecule is Cc1ccc(NC(=O)CNC(=O)/C=C/c2ccccc2)cc1NS(C)(=O)=O. The van der Waals surface area contributed by atoms with Gasteiger partial charge < -0.3 is 10.6 Å². The minimum atomic E-state index is -3.42. The maximum absolute atomic E-state index is 12.0. The van der Waals surface area contributed by atoms with Crippen molar-refractivity contribution in [1.82, 2.24) is 5.32 Å². The van der Waals surface area contributed by atoms with Crippen molar-refractivity contribution in [1.29, 1.82) is 0 Å². The van der Waals surface area contributed by atoms with Crippen LogP contribution in [0.2, 0.25) is 0 Å². The summed E-state index contributed by atoms with van der Waals surface area (Å²) in [6.45, 7) is 1.54. The fraction of sp³-hybridized carbons (Fsp3) is 0.158. The highest BCUT2D eigenvalue weighted by Gasteiger charge is 2.08. The first-order chi connectivity index (χ1) is 12.7. The molecule has 0 aliphatic rings. The summed E-state index contributed by atoms with van der Waals surface area (Å²) in [6, 6.07) is 14.2. The normalized spacial score (nSPS) is 11.2. The molecule has 0 atom stereocenters. The predicted molar refractivity (Wildman–Crippen MR) is 107 cm³/mol. The van der Waals surface area contributed by atoms with E-state index < -0.39 is 21.8 Å². The maximum atomic E-state index is 12.0. The minimum Gasteiger partial charge on any atom is -0.343 e. The van der Waals surface area contributed by atoms with E-state index >= 15 is 0 Å². The van der Waals surface area contributed by atoms with Crippen LogP contribution < -0.4 is 15.4 Å². The Morgan fingerprint density at radius 1 is 1.07 bits per heavy atom. The molecule has 2 aromatic rings. The van der Waals surface area contributed by atoms with Crippen LogP contribution in [0.15, 0.2) is 54.6 Å². The molecular weight excluding hydrogens is 366 g/mol. The molecule has 0 fully saturated rings. The average molecular weight is 387 g/mol. The summed E-state index contributed by atoms with van der Waals surface area (Å²) in [5, 5.41) is 5.10. The zero-order chi connectivity index (χ0) is 19.9. The van der Waals surface area contributed by atoms with Gasteiger partial charge in [0.1, 0.15) is 0 Å². The molecule has 0 saturated heterocycles. The highest BCUT2D eigenvalue weighted by Crippen LogP contribution is 2.21. The molecule has 2 rings (SSSR count). The van der Waals surface area contributed by atoms with Crippen molar-refractivity contribution < 1.29 is 18.0 Å². The number of anilines is 2. The van der Waals surface area contributed by atoms with E-state index in [9.17, 15) is 18.0 Å². The second-order valence-corrected chi connectivity index (χ2v) is 7.66. The van der Waals surface area contributed by atoms with Crippen LogP contribution in [0.3, 0.4) is 0 Å². The van der Waals surface area contributed by atoms with Gasteiger partial charge in [-0.05, 0) is 36.3 Å². The number of sulfonamides is 1. The van der Waals surface area contributed by atoms with Crippen LogP contribution in [-0.4, -0.2) is 33.0 Å². The molecule has 0 aliphatic heterocycles. The molecule has 0 radical (unpaired) electrons. The summed E-state index contributed by atoms with van der Waals surface area (Å²) < 4.78 is 25.1. The van der Waals surface area contributed by atoms with Crippen LogP contribution in [0.5, 0.6) is 0 Å². The number of benzene rings is 2. The first-order valence-electron chi connectivity index (χ1n) is 8.12. The van der Waals surface area contributed by atoms with Gasteiger partial charge in [-0.25, -0.2) is 8.42 Å². The van der Waals surface area contributed by atoms with Crippen LogP contribution in [-0.2, 0) is 19.6 Å². The molecule has 0 unspecified atom stereocenters. The lowest BCUT2D eigenvalue weighted by Gasteiger charge is -2.11. The summed E-state index contributed by atoms with van der Waals surface area (Å²) >= 11 is 0. The highest BCUT2D eigenvalue weighted by atomic mass is 32.2. The predicted octanol–water partition coefficient (Wildman–Crippen LogP) is 2.13. The van der Waals surface area contributed by atoms with E-state index in [4.69, 9.17) is 0 Å². The summed E-state index contributed by atoms with van der Waals surface area (Å²) in [7, 11) is -3.42. The first kappa shape index (κ1) is 20.2. The fourth-order valence-corrected chi connectivity index (χ4v) is 2.80. The van der Waals surface area contributed by atoms with Crippen molar-refractivity contribution in [2.75, 3.05) is 22.8 Å². The van der Waals surface area contributed by atoms with E-state index in [0.29, 0.717) is 11.4 Å². The average Bonchev–Trinajstić information content (AvgIpc) is 2.61. The number of rotatable bonds is 7. The van der Waals surface area contributed by atoms with Crippen LogP contribution in [0.25, 0.3) is 6.08 Å². The van der Waals surface area contributed by atoms with Crippen molar-refractivity contribution in [3.05, 3.63) is 65.7 Å². The second kappa shape index (κ2) is 9.00. The summed E-state index contributed by atoms with van der Waals surface area (Å²) in [4.78, 5) is 23.8. The van der Waals surface area contributed by atoms with E-state index in [-0.39, 0.29) is 6.54 Å². The van der Waals surface area contributed by atoms with Crippen LogP contribution in [0.1, 0.15) is 11.1 Å². The lowest BCUT2D eigenvalue weighted by molar-refractivity contribution is -0.121. The van der Waals surface area contributed by atoms with Crippen LogP contribution in [0.4, 0.5) is 11.4 Å². The molecule has 8 heteroatoms. The quantitative estimate of drug-likeness (QED) is 0.633. The summed E-state index contributed by atoms with van der Waals surface area (Å²) in [6.07, 6.45) is 4.05. The van der Waals surface area contributed by atoms with Gasteiger partial charge in [-0.1, -0.05) is 36.4 Å². The molecule has 0 aromatic heterocycles. The van der Waals surface area contributed by atoms with Gasteiger partial charge in [0.25, 0.3) is 0 Å². The van der Waals surface area contributed by atoms with Gasteiger partial charge in [-0.3, -0.25) is 14.3 Å². The second-order valence-electron chi connectivity index (χ2n) is 5.91. The lowest BCUT2D eigenvalue weighted by Crippen LogP contribution is -2.31. The minimum absolute atomic E-state index is 0.208. The molecule has 0 spiro atoms. The van der Waals surface area contributed by atoms with Crippen molar-refractivity contribution in [2.45, 2.75) is 6.92 Å². The molecule has 2 amide bonds. The first-order valence-corrected chi connectivity index (χ1v) is 10.0. The Hall–Kier alpha value is -3.13. The van der Waals surface area contributed by atoms with E-state index in [1.165, 1.54) is 12.1 Å². The number of carbonyl (C=O) groups excluding carboxylic acids is 2.